The third kappa shape index (κ3) is 11.9. The topological polar surface area (TPSA) is 109 Å². The van der Waals surface area contributed by atoms with Gasteiger partial charge in [-0.25, -0.2) is 18.4 Å². The van der Waals surface area contributed by atoms with Gasteiger partial charge < -0.3 is 4.90 Å². The molecule has 2 aromatic carbocycles. The maximum atomic E-state index is 14.4. The lowest BCUT2D eigenvalue weighted by molar-refractivity contribution is 0.575. The molecule has 1 aromatic heterocycles. The van der Waals surface area contributed by atoms with Gasteiger partial charge in [0.25, 0.3) is 5.56 Å². The van der Waals surface area contributed by atoms with Crippen molar-refractivity contribution >= 4 is 38.5 Å². The SMILES string of the molecule is CCCCCCCCN(CCCCCCCC)c1ccc(/N=C2/C(C(C)(C)C)=Nn3c2nc(-c2ccccc2NS(C)(=O)=O)c(CCCC)c3=O)c(C)c1. The number of nitrogens with zero attached hydrogens (tertiary/aromatic N) is 5. The van der Waals surface area contributed by atoms with E-state index in [1.807, 2.05) is 12.1 Å². The summed E-state index contributed by atoms with van der Waals surface area (Å²) in [7, 11) is -3.59. The minimum Gasteiger partial charge on any atom is -0.372 e. The third-order valence-electron chi connectivity index (χ3n) is 10.1. The van der Waals surface area contributed by atoms with Gasteiger partial charge in [-0.3, -0.25) is 9.52 Å². The summed E-state index contributed by atoms with van der Waals surface area (Å²) in [6.45, 7) is 17.0. The molecule has 2 heterocycles. The predicted molar refractivity (Wildman–Crippen MR) is 230 cm³/mol. The lowest BCUT2D eigenvalue weighted by atomic mass is 9.87. The maximum Gasteiger partial charge on any atom is 0.278 e. The van der Waals surface area contributed by atoms with Crippen LogP contribution in [0.25, 0.3) is 11.3 Å². The molecule has 0 amide bonds. The molecule has 1 aliphatic rings. The lowest BCUT2D eigenvalue weighted by Crippen LogP contribution is -2.29. The Balaban J connectivity index is 1.76. The van der Waals surface area contributed by atoms with Gasteiger partial charge in [0, 0.05) is 35.3 Å². The number of hydrogen-bond acceptors (Lipinski definition) is 7. The summed E-state index contributed by atoms with van der Waals surface area (Å²) < 4.78 is 28.8. The number of fused-ring (bicyclic) bond motifs is 1. The average molecular weight is 759 g/mol. The Morgan fingerprint density at radius 1 is 0.815 bits per heavy atom. The molecule has 0 aliphatic carbocycles. The molecule has 0 fully saturated rings. The number of rotatable bonds is 22. The highest BCUT2D eigenvalue weighted by Gasteiger charge is 2.35. The first kappa shape index (κ1) is 42.9. The molecule has 0 bridgehead atoms. The number of aromatic nitrogens is 2. The lowest BCUT2D eigenvalue weighted by Gasteiger charge is -2.26. The Morgan fingerprint density at radius 2 is 1.41 bits per heavy atom. The van der Waals surface area contributed by atoms with Crippen LogP contribution in [0.3, 0.4) is 0 Å². The van der Waals surface area contributed by atoms with Crippen LogP contribution in [-0.2, 0) is 16.4 Å². The van der Waals surface area contributed by atoms with E-state index >= 15 is 0 Å². The molecular formula is C44H66N6O3S. The number of aryl methyl sites for hydroxylation is 1. The van der Waals surface area contributed by atoms with Crippen molar-refractivity contribution in [1.29, 1.82) is 0 Å². The first-order valence-corrected chi connectivity index (χ1v) is 22.5. The van der Waals surface area contributed by atoms with Crippen LogP contribution in [-0.4, -0.2) is 48.8 Å². The van der Waals surface area contributed by atoms with Gasteiger partial charge in [0.1, 0.15) is 5.71 Å². The number of sulfonamides is 1. The van der Waals surface area contributed by atoms with Crippen molar-refractivity contribution in [3.63, 3.8) is 0 Å². The fourth-order valence-electron chi connectivity index (χ4n) is 7.05. The molecule has 1 aliphatic heterocycles. The molecule has 0 radical (unpaired) electrons. The van der Waals surface area contributed by atoms with Gasteiger partial charge in [-0.15, -0.1) is 0 Å². The van der Waals surface area contributed by atoms with Gasteiger partial charge >= 0.3 is 0 Å². The summed E-state index contributed by atoms with van der Waals surface area (Å²) in [6, 6.07) is 13.6. The van der Waals surface area contributed by atoms with Crippen molar-refractivity contribution in [2.24, 2.45) is 15.5 Å². The molecule has 4 rings (SSSR count). The van der Waals surface area contributed by atoms with Crippen LogP contribution in [0.5, 0.6) is 0 Å². The van der Waals surface area contributed by atoms with Gasteiger partial charge in [-0.1, -0.05) is 130 Å². The van der Waals surface area contributed by atoms with E-state index in [4.69, 9.17) is 15.1 Å². The van der Waals surface area contributed by atoms with E-state index < -0.39 is 15.4 Å². The second-order valence-corrected chi connectivity index (χ2v) is 17.8. The van der Waals surface area contributed by atoms with E-state index in [1.165, 1.54) is 87.4 Å². The molecule has 9 nitrogen and oxygen atoms in total. The van der Waals surface area contributed by atoms with Gasteiger partial charge in [0.15, 0.2) is 5.82 Å². The Labute approximate surface area is 325 Å². The highest BCUT2D eigenvalue weighted by Crippen LogP contribution is 2.34. The molecule has 54 heavy (non-hydrogen) atoms. The molecule has 0 atom stereocenters. The molecule has 0 saturated carbocycles. The van der Waals surface area contributed by atoms with Crippen molar-refractivity contribution in [2.45, 2.75) is 145 Å². The first-order chi connectivity index (χ1) is 25.8. The molecule has 10 heteroatoms. The summed E-state index contributed by atoms with van der Waals surface area (Å²) in [6.07, 6.45) is 18.6. The van der Waals surface area contributed by atoms with Crippen LogP contribution < -0.4 is 15.2 Å². The zero-order valence-electron chi connectivity index (χ0n) is 34.4. The molecule has 0 saturated heterocycles. The molecule has 3 aromatic rings. The van der Waals surface area contributed by atoms with E-state index in [1.54, 1.807) is 12.1 Å². The predicted octanol–water partition coefficient (Wildman–Crippen LogP) is 10.8. The summed E-state index contributed by atoms with van der Waals surface area (Å²) in [5, 5.41) is 4.89. The van der Waals surface area contributed by atoms with E-state index in [0.717, 1.165) is 43.4 Å². The van der Waals surface area contributed by atoms with Crippen LogP contribution in [0.4, 0.5) is 17.1 Å². The van der Waals surface area contributed by atoms with Gasteiger partial charge in [0.05, 0.1) is 29.0 Å². The van der Waals surface area contributed by atoms with Crippen molar-refractivity contribution < 1.29 is 8.42 Å². The van der Waals surface area contributed by atoms with Crippen LogP contribution in [0.15, 0.2) is 57.4 Å². The Bertz CT molecular complexity index is 1910. The number of hydrogen-bond donors (Lipinski definition) is 1. The Hall–Kier alpha value is -3.79. The molecular weight excluding hydrogens is 693 g/mol. The number of nitrogens with one attached hydrogen (secondary N) is 1. The van der Waals surface area contributed by atoms with Crippen LogP contribution in [0.2, 0.25) is 0 Å². The highest BCUT2D eigenvalue weighted by atomic mass is 32.2. The molecule has 296 valence electrons. The minimum absolute atomic E-state index is 0.253. The van der Waals surface area contributed by atoms with E-state index in [-0.39, 0.29) is 5.56 Å². The Kier molecular flexibility index (Phi) is 16.1. The summed E-state index contributed by atoms with van der Waals surface area (Å²) in [4.78, 5) is 27.3. The quantitative estimate of drug-likeness (QED) is 0.103. The fourth-order valence-corrected chi connectivity index (χ4v) is 7.63. The monoisotopic (exact) mass is 758 g/mol. The normalized spacial score (nSPS) is 13.7. The number of para-hydroxylation sites is 1. The smallest absolute Gasteiger partial charge is 0.278 e. The second kappa shape index (κ2) is 20.2. The van der Waals surface area contributed by atoms with E-state index in [9.17, 15) is 13.2 Å². The molecule has 1 N–H and O–H groups in total. The van der Waals surface area contributed by atoms with Crippen LogP contribution >= 0.6 is 0 Å². The Morgan fingerprint density at radius 3 is 1.98 bits per heavy atom. The summed E-state index contributed by atoms with van der Waals surface area (Å²) >= 11 is 0. The zero-order chi connectivity index (χ0) is 39.3. The number of anilines is 2. The van der Waals surface area contributed by atoms with Gasteiger partial charge in [-0.05, 0) is 62.4 Å². The first-order valence-electron chi connectivity index (χ1n) is 20.6. The average Bonchev–Trinajstić information content (AvgIpc) is 3.49. The molecule has 0 spiro atoms. The van der Waals surface area contributed by atoms with Gasteiger partial charge in [-0.2, -0.15) is 9.78 Å². The van der Waals surface area contributed by atoms with Crippen LogP contribution in [0, 0.1) is 12.3 Å². The molecule has 0 unspecified atom stereocenters. The third-order valence-corrected chi connectivity index (χ3v) is 10.7. The zero-order valence-corrected chi connectivity index (χ0v) is 35.2. The fraction of sp³-hybridized carbons (Fsp3) is 0.591. The minimum atomic E-state index is -3.59. The standard InChI is InChI=1S/C44H66N6O3S/c1-9-12-15-17-19-23-30-49(31-24-20-18-16-13-10-2)34-28-29-37(33(4)32-34)45-40-41(44(5,6)7)47-50-42(40)46-39(36(43(50)51)25-14-11-3)35-26-21-22-27-38(35)48-54(8,52)53/h21-22,26-29,32,48H,9-20,23-25,30-31H2,1-8H3/b45-40-. The number of unbranched alkanes of at least 4 members (excludes halogenated alkanes) is 11. The van der Waals surface area contributed by atoms with Gasteiger partial charge in [0.2, 0.25) is 10.0 Å². The van der Waals surface area contributed by atoms with E-state index in [2.05, 4.69) is 76.3 Å². The van der Waals surface area contributed by atoms with Crippen molar-refractivity contribution in [1.82, 2.24) is 9.66 Å². The van der Waals surface area contributed by atoms with Crippen molar-refractivity contribution in [2.75, 3.05) is 29.0 Å². The maximum absolute atomic E-state index is 14.4. The highest BCUT2D eigenvalue weighted by molar-refractivity contribution is 7.92. The largest absolute Gasteiger partial charge is 0.372 e. The second-order valence-electron chi connectivity index (χ2n) is 16.1. The van der Waals surface area contributed by atoms with E-state index in [0.29, 0.717) is 46.2 Å². The summed E-state index contributed by atoms with van der Waals surface area (Å²) in [5.41, 5.74) is 5.53. The van der Waals surface area contributed by atoms with Crippen molar-refractivity contribution in [3.05, 3.63) is 69.8 Å². The van der Waals surface area contributed by atoms with Crippen molar-refractivity contribution in [3.8, 4) is 11.3 Å². The number of benzene rings is 2. The number of aliphatic imine (C=N–C) groups is 1. The van der Waals surface area contributed by atoms with Crippen LogP contribution in [0.1, 0.15) is 148 Å². The summed E-state index contributed by atoms with van der Waals surface area (Å²) in [5.74, 6) is 0.366.